The van der Waals surface area contributed by atoms with Gasteiger partial charge in [0, 0.05) is 12.2 Å². The zero-order valence-electron chi connectivity index (χ0n) is 21.4. The number of primary sulfonamides is 1. The largest absolute Gasteiger partial charge is 0.506 e. The van der Waals surface area contributed by atoms with Crippen LogP contribution in [0.25, 0.3) is 0 Å². The molecule has 210 valence electrons. The number of phenolic OH excluding ortho intramolecular Hbond substituents is 1. The average Bonchev–Trinajstić information content (AvgIpc) is 2.87. The predicted octanol–water partition coefficient (Wildman–Crippen LogP) is 1.60. The first-order valence-corrected chi connectivity index (χ1v) is 14.9. The van der Waals surface area contributed by atoms with Crippen LogP contribution in [-0.4, -0.2) is 52.9 Å². The molecule has 0 saturated heterocycles. The summed E-state index contributed by atoms with van der Waals surface area (Å²) >= 11 is 0. The second kappa shape index (κ2) is 11.6. The molecule has 0 bridgehead atoms. The van der Waals surface area contributed by atoms with Gasteiger partial charge in [-0.05, 0) is 60.5 Å². The van der Waals surface area contributed by atoms with Crippen LogP contribution in [-0.2, 0) is 30.4 Å². The molecule has 39 heavy (non-hydrogen) atoms. The third-order valence-electron chi connectivity index (χ3n) is 5.89. The molecule has 2 atom stereocenters. The molecule has 3 rings (SSSR count). The molecule has 7 N–H and O–H groups in total. The number of amides is 1. The van der Waals surface area contributed by atoms with Gasteiger partial charge in [0.1, 0.15) is 17.0 Å². The summed E-state index contributed by atoms with van der Waals surface area (Å²) in [6.07, 6.45) is -0.295. The Labute approximate surface area is 226 Å². The molecule has 0 heterocycles. The second-order valence-electron chi connectivity index (χ2n) is 8.93. The van der Waals surface area contributed by atoms with Gasteiger partial charge >= 0.3 is 0 Å². The van der Waals surface area contributed by atoms with Gasteiger partial charge in [-0.15, -0.1) is 0 Å². The van der Waals surface area contributed by atoms with Gasteiger partial charge in [0.05, 0.1) is 30.1 Å². The number of aromatic hydroxyl groups is 1. The van der Waals surface area contributed by atoms with E-state index in [1.165, 1.54) is 49.6 Å². The van der Waals surface area contributed by atoms with Gasteiger partial charge in [-0.2, -0.15) is 0 Å². The SMILES string of the molecule is COc1ccc([C@](C)(NC[C@H](O)c2ccc(O)c(NS(C)(=O)=O)c2)C(=O)Nc2cccc(S(N)(=O)=O)c2)cc1. The number of phenols is 1. The Kier molecular flexibility index (Phi) is 8.87. The fourth-order valence-corrected chi connectivity index (χ4v) is 4.83. The number of carbonyl (C=O) groups excluding carboxylic acids is 1. The van der Waals surface area contributed by atoms with Gasteiger partial charge in [-0.25, -0.2) is 22.0 Å². The van der Waals surface area contributed by atoms with Gasteiger partial charge in [-0.1, -0.05) is 24.3 Å². The monoisotopic (exact) mass is 578 g/mol. The minimum Gasteiger partial charge on any atom is -0.506 e. The van der Waals surface area contributed by atoms with Gasteiger partial charge in [0.15, 0.2) is 0 Å². The van der Waals surface area contributed by atoms with Crippen LogP contribution in [0, 0.1) is 0 Å². The van der Waals surface area contributed by atoms with Crippen LogP contribution in [0.2, 0.25) is 0 Å². The molecule has 0 unspecified atom stereocenters. The molecular weight excluding hydrogens is 548 g/mol. The summed E-state index contributed by atoms with van der Waals surface area (Å²) in [5.74, 6) is -0.345. The molecule has 0 fully saturated rings. The number of methoxy groups -OCH3 is 1. The van der Waals surface area contributed by atoms with Crippen LogP contribution in [0.1, 0.15) is 24.2 Å². The van der Waals surface area contributed by atoms with E-state index in [2.05, 4.69) is 15.4 Å². The third-order valence-corrected chi connectivity index (χ3v) is 7.39. The first kappa shape index (κ1) is 29.9. The number of sulfonamides is 2. The number of aliphatic hydroxyl groups excluding tert-OH is 1. The smallest absolute Gasteiger partial charge is 0.249 e. The first-order chi connectivity index (χ1) is 18.1. The van der Waals surface area contributed by atoms with Crippen LogP contribution >= 0.6 is 0 Å². The van der Waals surface area contributed by atoms with E-state index in [-0.39, 0.29) is 34.1 Å². The molecule has 14 heteroatoms. The van der Waals surface area contributed by atoms with Crippen molar-refractivity contribution in [3.8, 4) is 11.5 Å². The molecule has 0 aliphatic heterocycles. The van der Waals surface area contributed by atoms with Gasteiger partial charge in [0.2, 0.25) is 26.0 Å². The number of anilines is 2. The van der Waals surface area contributed by atoms with E-state index < -0.39 is 37.6 Å². The average molecular weight is 579 g/mol. The van der Waals surface area contributed by atoms with Crippen molar-refractivity contribution >= 4 is 37.3 Å². The summed E-state index contributed by atoms with van der Waals surface area (Å²) in [7, 11) is -6.19. The molecule has 3 aromatic carbocycles. The van der Waals surface area contributed by atoms with E-state index in [0.29, 0.717) is 11.3 Å². The Morgan fingerprint density at radius 2 is 1.72 bits per heavy atom. The van der Waals surface area contributed by atoms with Gasteiger partial charge in [0.25, 0.3) is 0 Å². The number of nitrogens with two attached hydrogens (primary N) is 1. The van der Waals surface area contributed by atoms with Crippen LogP contribution in [0.3, 0.4) is 0 Å². The number of hydrogen-bond acceptors (Lipinski definition) is 9. The Morgan fingerprint density at radius 1 is 1.05 bits per heavy atom. The van der Waals surface area contributed by atoms with Crippen LogP contribution < -0.4 is 25.2 Å². The maximum atomic E-state index is 13.6. The summed E-state index contributed by atoms with van der Waals surface area (Å²) in [5.41, 5.74) is -0.607. The van der Waals surface area contributed by atoms with E-state index in [1.54, 1.807) is 31.2 Å². The second-order valence-corrected chi connectivity index (χ2v) is 12.2. The number of rotatable bonds is 11. The lowest BCUT2D eigenvalue weighted by molar-refractivity contribution is -0.122. The highest BCUT2D eigenvalue weighted by atomic mass is 32.2. The standard InChI is InChI=1S/C25H30N4O8S2/c1-25(17-8-10-19(37-2)11-9-17,24(32)28-18-5-4-6-20(14-18)39(26,35)36)27-15-23(31)16-7-12-22(30)21(13-16)29-38(3,33)34/h4-14,23,27,29-31H,15H2,1-3H3,(H,28,32)(H2,26,35,36)/t23-,25-/m0/s1. The number of nitrogens with one attached hydrogen (secondary N) is 3. The summed E-state index contributed by atoms with van der Waals surface area (Å²) in [5, 5.41) is 31.8. The minimum atomic E-state index is -4.00. The van der Waals surface area contributed by atoms with E-state index in [1.807, 2.05) is 0 Å². The van der Waals surface area contributed by atoms with Gasteiger partial charge < -0.3 is 20.3 Å². The summed E-state index contributed by atoms with van der Waals surface area (Å²) < 4.78 is 54.1. The summed E-state index contributed by atoms with van der Waals surface area (Å²) in [4.78, 5) is 13.4. The van der Waals surface area contributed by atoms with Crippen molar-refractivity contribution in [1.29, 1.82) is 0 Å². The van der Waals surface area contributed by atoms with Crippen molar-refractivity contribution in [3.63, 3.8) is 0 Å². The molecule has 1 amide bonds. The number of ether oxygens (including phenoxy) is 1. The lowest BCUT2D eigenvalue weighted by atomic mass is 9.90. The fraction of sp³-hybridized carbons (Fsp3) is 0.240. The quantitative estimate of drug-likeness (QED) is 0.183. The topological polar surface area (TPSA) is 197 Å². The van der Waals surface area contributed by atoms with E-state index in [9.17, 15) is 31.8 Å². The van der Waals surface area contributed by atoms with Crippen molar-refractivity contribution in [2.45, 2.75) is 23.5 Å². The molecule has 12 nitrogen and oxygen atoms in total. The van der Waals surface area contributed by atoms with E-state index in [4.69, 9.17) is 9.88 Å². The van der Waals surface area contributed by atoms with Crippen molar-refractivity contribution in [1.82, 2.24) is 5.32 Å². The minimum absolute atomic E-state index is 0.112. The zero-order valence-corrected chi connectivity index (χ0v) is 23.0. The third kappa shape index (κ3) is 7.68. The number of carbonyl (C=O) groups is 1. The molecule has 0 aliphatic rings. The molecule has 0 spiro atoms. The Balaban J connectivity index is 1.91. The summed E-state index contributed by atoms with van der Waals surface area (Å²) in [6.45, 7) is 1.41. The van der Waals surface area contributed by atoms with Crippen molar-refractivity contribution < 1.29 is 36.6 Å². The molecule has 0 aliphatic carbocycles. The van der Waals surface area contributed by atoms with Crippen molar-refractivity contribution in [2.75, 3.05) is 29.9 Å². The lowest BCUT2D eigenvalue weighted by Gasteiger charge is -2.31. The van der Waals surface area contributed by atoms with Crippen LogP contribution in [0.15, 0.2) is 71.6 Å². The van der Waals surface area contributed by atoms with E-state index >= 15 is 0 Å². The molecule has 0 saturated carbocycles. The maximum Gasteiger partial charge on any atom is 0.249 e. The first-order valence-electron chi connectivity index (χ1n) is 11.4. The molecular formula is C25H30N4O8S2. The predicted molar refractivity (Wildman–Crippen MR) is 146 cm³/mol. The Bertz CT molecular complexity index is 1560. The highest BCUT2D eigenvalue weighted by molar-refractivity contribution is 7.92. The lowest BCUT2D eigenvalue weighted by Crippen LogP contribution is -2.51. The van der Waals surface area contributed by atoms with Gasteiger partial charge in [-0.3, -0.25) is 14.8 Å². The molecule has 0 radical (unpaired) electrons. The highest BCUT2D eigenvalue weighted by Crippen LogP contribution is 2.30. The number of hydrogen-bond donors (Lipinski definition) is 6. The Morgan fingerprint density at radius 3 is 2.31 bits per heavy atom. The zero-order chi connectivity index (χ0) is 29.0. The number of aliphatic hydroxyl groups is 1. The molecule has 0 aromatic heterocycles. The highest BCUT2D eigenvalue weighted by Gasteiger charge is 2.36. The van der Waals surface area contributed by atoms with Crippen molar-refractivity contribution in [3.05, 3.63) is 77.9 Å². The molecule has 3 aromatic rings. The number of benzene rings is 3. The Hall–Kier alpha value is -3.69. The van der Waals surface area contributed by atoms with Crippen LogP contribution in [0.5, 0.6) is 11.5 Å². The summed E-state index contributed by atoms with van der Waals surface area (Å²) in [6, 6.07) is 16.0. The maximum absolute atomic E-state index is 13.6. The fourth-order valence-electron chi connectivity index (χ4n) is 3.71. The van der Waals surface area contributed by atoms with Crippen LogP contribution in [0.4, 0.5) is 11.4 Å². The van der Waals surface area contributed by atoms with Crippen molar-refractivity contribution in [2.24, 2.45) is 5.14 Å². The normalized spacial score (nSPS) is 14.2. The van der Waals surface area contributed by atoms with E-state index in [0.717, 1.165) is 6.26 Å².